The van der Waals surface area contributed by atoms with E-state index in [1.54, 1.807) is 12.1 Å². The molecule has 0 aliphatic rings. The Morgan fingerprint density at radius 3 is 2.27 bits per heavy atom. The second-order valence-electron chi connectivity index (χ2n) is 9.31. The van der Waals surface area contributed by atoms with Gasteiger partial charge in [0.05, 0.1) is 5.56 Å². The first-order chi connectivity index (χ1) is 15.6. The highest BCUT2D eigenvalue weighted by Gasteiger charge is 2.22. The smallest absolute Gasteiger partial charge is 0.251 e. The van der Waals surface area contributed by atoms with Crippen LogP contribution in [-0.2, 0) is 0 Å². The summed E-state index contributed by atoms with van der Waals surface area (Å²) < 4.78 is 20.5. The SMILES string of the molecule is Cc1ccc(-c2cc(C(=O)NC(C)(C)C)cc(-c3c(-c4ccccc4)noc3C)c2)c(F)c1. The predicted octanol–water partition coefficient (Wildman–Crippen LogP) is 6.96. The highest BCUT2D eigenvalue weighted by atomic mass is 19.1. The zero-order valence-corrected chi connectivity index (χ0v) is 19.5. The van der Waals surface area contributed by atoms with E-state index in [1.165, 1.54) is 6.07 Å². The van der Waals surface area contributed by atoms with Gasteiger partial charge in [0.15, 0.2) is 0 Å². The Kier molecular flexibility index (Phi) is 5.90. The molecule has 4 rings (SSSR count). The molecule has 4 nitrogen and oxygen atoms in total. The van der Waals surface area contributed by atoms with Crippen LogP contribution in [0.25, 0.3) is 33.5 Å². The quantitative estimate of drug-likeness (QED) is 0.372. The largest absolute Gasteiger partial charge is 0.360 e. The van der Waals surface area contributed by atoms with E-state index in [9.17, 15) is 9.18 Å². The maximum absolute atomic E-state index is 14.9. The van der Waals surface area contributed by atoms with Crippen molar-refractivity contribution in [1.82, 2.24) is 10.5 Å². The molecule has 0 unspecified atom stereocenters. The second-order valence-corrected chi connectivity index (χ2v) is 9.31. The van der Waals surface area contributed by atoms with E-state index in [2.05, 4.69) is 10.5 Å². The Balaban J connectivity index is 1.93. The van der Waals surface area contributed by atoms with E-state index in [0.717, 1.165) is 22.3 Å². The van der Waals surface area contributed by atoms with Crippen molar-refractivity contribution in [3.63, 3.8) is 0 Å². The molecular weight excluding hydrogens is 415 g/mol. The van der Waals surface area contributed by atoms with Crippen LogP contribution in [0.5, 0.6) is 0 Å². The van der Waals surface area contributed by atoms with Crippen LogP contribution in [0.3, 0.4) is 0 Å². The molecule has 0 aliphatic heterocycles. The van der Waals surface area contributed by atoms with Gasteiger partial charge in [-0.3, -0.25) is 4.79 Å². The van der Waals surface area contributed by atoms with E-state index >= 15 is 0 Å². The molecule has 1 heterocycles. The normalized spacial score (nSPS) is 11.5. The maximum atomic E-state index is 14.9. The fourth-order valence-corrected chi connectivity index (χ4v) is 3.83. The summed E-state index contributed by atoms with van der Waals surface area (Å²) in [7, 11) is 0. The zero-order valence-electron chi connectivity index (χ0n) is 19.5. The molecule has 0 saturated carbocycles. The van der Waals surface area contributed by atoms with Gasteiger partial charge in [0.1, 0.15) is 17.3 Å². The summed E-state index contributed by atoms with van der Waals surface area (Å²) in [6.07, 6.45) is 0. The molecule has 0 aliphatic carbocycles. The highest BCUT2D eigenvalue weighted by molar-refractivity contribution is 5.98. The van der Waals surface area contributed by atoms with Gasteiger partial charge in [-0.05, 0) is 75.6 Å². The number of hydrogen-bond acceptors (Lipinski definition) is 3. The average molecular weight is 443 g/mol. The molecule has 33 heavy (non-hydrogen) atoms. The van der Waals surface area contributed by atoms with E-state index in [-0.39, 0.29) is 11.7 Å². The maximum Gasteiger partial charge on any atom is 0.251 e. The lowest BCUT2D eigenvalue weighted by atomic mass is 9.92. The molecule has 4 aromatic rings. The molecule has 5 heteroatoms. The molecule has 1 aromatic heterocycles. The average Bonchev–Trinajstić information content (AvgIpc) is 3.14. The zero-order chi connectivity index (χ0) is 23.8. The minimum atomic E-state index is -0.412. The monoisotopic (exact) mass is 442 g/mol. The van der Waals surface area contributed by atoms with Gasteiger partial charge in [0.25, 0.3) is 5.91 Å². The van der Waals surface area contributed by atoms with Gasteiger partial charge in [-0.15, -0.1) is 0 Å². The summed E-state index contributed by atoms with van der Waals surface area (Å²) in [5.41, 5.74) is 5.01. The fourth-order valence-electron chi connectivity index (χ4n) is 3.83. The number of carbonyl (C=O) groups excluding carboxylic acids is 1. The van der Waals surface area contributed by atoms with Crippen molar-refractivity contribution in [2.24, 2.45) is 0 Å². The summed E-state index contributed by atoms with van der Waals surface area (Å²) in [4.78, 5) is 13.1. The molecule has 0 atom stereocenters. The lowest BCUT2D eigenvalue weighted by Gasteiger charge is -2.21. The van der Waals surface area contributed by atoms with Gasteiger partial charge in [-0.25, -0.2) is 4.39 Å². The third-order valence-electron chi connectivity index (χ3n) is 5.32. The molecule has 1 N–H and O–H groups in total. The van der Waals surface area contributed by atoms with Crippen LogP contribution in [0.1, 0.15) is 42.5 Å². The first-order valence-electron chi connectivity index (χ1n) is 10.9. The molecule has 0 fully saturated rings. The molecule has 0 radical (unpaired) electrons. The van der Waals surface area contributed by atoms with Crippen molar-refractivity contribution in [2.75, 3.05) is 0 Å². The molecule has 1 amide bonds. The Morgan fingerprint density at radius 1 is 0.909 bits per heavy atom. The van der Waals surface area contributed by atoms with Crippen molar-refractivity contribution < 1.29 is 13.7 Å². The fraction of sp³-hybridized carbons (Fsp3) is 0.214. The van der Waals surface area contributed by atoms with Gasteiger partial charge >= 0.3 is 0 Å². The minimum absolute atomic E-state index is 0.228. The minimum Gasteiger partial charge on any atom is -0.360 e. The van der Waals surface area contributed by atoms with E-state index in [0.29, 0.717) is 28.1 Å². The summed E-state index contributed by atoms with van der Waals surface area (Å²) in [6.45, 7) is 9.45. The third-order valence-corrected chi connectivity index (χ3v) is 5.32. The standard InChI is InChI=1S/C28H27FN2O2/c1-17-11-12-23(24(29)13-17)20-14-21(16-22(15-20)27(32)30-28(3,4)5)25-18(2)33-31-26(25)19-9-7-6-8-10-19/h6-16H,1-5H3,(H,30,32). The summed E-state index contributed by atoms with van der Waals surface area (Å²) in [5, 5.41) is 7.28. The van der Waals surface area contributed by atoms with Crippen LogP contribution in [0, 0.1) is 19.7 Å². The van der Waals surface area contributed by atoms with Crippen LogP contribution >= 0.6 is 0 Å². The number of benzene rings is 3. The Hall–Kier alpha value is -3.73. The summed E-state index contributed by atoms with van der Waals surface area (Å²) >= 11 is 0. The lowest BCUT2D eigenvalue weighted by molar-refractivity contribution is 0.0919. The predicted molar refractivity (Wildman–Crippen MR) is 129 cm³/mol. The summed E-state index contributed by atoms with van der Waals surface area (Å²) in [6, 6.07) is 20.2. The molecule has 0 spiro atoms. The van der Waals surface area contributed by atoms with Gasteiger partial charge in [0, 0.05) is 22.2 Å². The third kappa shape index (κ3) is 4.87. The van der Waals surface area contributed by atoms with Gasteiger partial charge in [0.2, 0.25) is 0 Å². The molecule has 168 valence electrons. The van der Waals surface area contributed by atoms with Gasteiger partial charge in [-0.1, -0.05) is 47.6 Å². The Labute approximate surface area is 193 Å². The van der Waals surface area contributed by atoms with Crippen LogP contribution < -0.4 is 5.32 Å². The molecule has 0 saturated heterocycles. The van der Waals surface area contributed by atoms with Crippen LogP contribution in [0.15, 0.2) is 71.3 Å². The van der Waals surface area contributed by atoms with Crippen molar-refractivity contribution in [1.29, 1.82) is 0 Å². The van der Waals surface area contributed by atoms with E-state index in [4.69, 9.17) is 4.52 Å². The number of nitrogens with zero attached hydrogens (tertiary/aromatic N) is 1. The van der Waals surface area contributed by atoms with Crippen molar-refractivity contribution in [3.05, 3.63) is 89.4 Å². The summed E-state index contributed by atoms with van der Waals surface area (Å²) in [5.74, 6) is 0.0608. The lowest BCUT2D eigenvalue weighted by Crippen LogP contribution is -2.40. The van der Waals surface area contributed by atoms with Crippen molar-refractivity contribution >= 4 is 5.91 Å². The molecule has 3 aromatic carbocycles. The van der Waals surface area contributed by atoms with Crippen LogP contribution in [0.2, 0.25) is 0 Å². The number of carbonyl (C=O) groups is 1. The van der Waals surface area contributed by atoms with Crippen molar-refractivity contribution in [3.8, 4) is 33.5 Å². The van der Waals surface area contributed by atoms with Crippen molar-refractivity contribution in [2.45, 2.75) is 40.2 Å². The highest BCUT2D eigenvalue weighted by Crippen LogP contribution is 2.37. The number of amides is 1. The van der Waals surface area contributed by atoms with Gasteiger partial charge < -0.3 is 9.84 Å². The molecular formula is C28H27FN2O2. The van der Waals surface area contributed by atoms with E-state index < -0.39 is 5.54 Å². The van der Waals surface area contributed by atoms with Crippen LogP contribution in [-0.4, -0.2) is 16.6 Å². The van der Waals surface area contributed by atoms with E-state index in [1.807, 2.05) is 83.1 Å². The number of halogens is 1. The first kappa shape index (κ1) is 22.5. The van der Waals surface area contributed by atoms with Gasteiger partial charge in [-0.2, -0.15) is 0 Å². The molecule has 0 bridgehead atoms. The second kappa shape index (κ2) is 8.66. The number of nitrogens with one attached hydrogen (secondary N) is 1. The number of rotatable bonds is 4. The first-order valence-corrected chi connectivity index (χ1v) is 10.9. The Morgan fingerprint density at radius 2 is 1.61 bits per heavy atom. The van der Waals surface area contributed by atoms with Crippen LogP contribution in [0.4, 0.5) is 4.39 Å². The number of hydrogen-bond donors (Lipinski definition) is 1. The number of aromatic nitrogens is 1. The Bertz CT molecular complexity index is 1320. The number of aryl methyl sites for hydroxylation is 2. The topological polar surface area (TPSA) is 55.1 Å².